The first-order valence-corrected chi connectivity index (χ1v) is 10.5. The Morgan fingerprint density at radius 2 is 1.79 bits per heavy atom. The SMILES string of the molecule is CCC1CCC(c2ccc(C3=Cc4ccc(OC)c(F)c4CC3)c(F)c2)CC1. The second-order valence-electron chi connectivity index (χ2n) is 8.18. The summed E-state index contributed by atoms with van der Waals surface area (Å²) in [6.07, 6.45) is 9.20. The smallest absolute Gasteiger partial charge is 0.168 e. The minimum atomic E-state index is -0.297. The number of allylic oxidation sites excluding steroid dienone is 1. The van der Waals surface area contributed by atoms with E-state index in [-0.39, 0.29) is 17.4 Å². The van der Waals surface area contributed by atoms with Crippen LogP contribution in [-0.4, -0.2) is 7.11 Å². The standard InChI is InChI=1S/C25H28F2O/c1-3-16-4-6-17(7-5-16)18-8-11-21(23(26)15-18)19-9-12-22-20(14-19)10-13-24(28-2)25(22)27/h8,10-11,13-17H,3-7,9,12H2,1-2H3. The van der Waals surface area contributed by atoms with Gasteiger partial charge in [-0.05, 0) is 84.8 Å². The summed E-state index contributed by atoms with van der Waals surface area (Å²) in [6.45, 7) is 2.26. The van der Waals surface area contributed by atoms with E-state index in [4.69, 9.17) is 4.74 Å². The highest BCUT2D eigenvalue weighted by Gasteiger charge is 2.23. The number of hydrogen-bond donors (Lipinski definition) is 0. The molecule has 0 spiro atoms. The maximum absolute atomic E-state index is 15.0. The highest BCUT2D eigenvalue weighted by molar-refractivity contribution is 5.85. The van der Waals surface area contributed by atoms with Crippen LogP contribution < -0.4 is 4.74 Å². The molecular weight excluding hydrogens is 354 g/mol. The zero-order valence-electron chi connectivity index (χ0n) is 16.7. The summed E-state index contributed by atoms with van der Waals surface area (Å²) in [4.78, 5) is 0. The molecule has 28 heavy (non-hydrogen) atoms. The molecule has 0 N–H and O–H groups in total. The van der Waals surface area contributed by atoms with Crippen LogP contribution in [0.15, 0.2) is 30.3 Å². The average molecular weight is 382 g/mol. The van der Waals surface area contributed by atoms with Gasteiger partial charge in [-0.15, -0.1) is 0 Å². The Bertz CT molecular complexity index is 892. The van der Waals surface area contributed by atoms with E-state index in [1.54, 1.807) is 12.1 Å². The van der Waals surface area contributed by atoms with Crippen molar-refractivity contribution >= 4 is 11.6 Å². The molecule has 0 amide bonds. The second-order valence-corrected chi connectivity index (χ2v) is 8.18. The number of methoxy groups -OCH3 is 1. The Hall–Kier alpha value is -2.16. The third kappa shape index (κ3) is 3.59. The predicted octanol–water partition coefficient (Wildman–Crippen LogP) is 7.14. The lowest BCUT2D eigenvalue weighted by Gasteiger charge is -2.28. The van der Waals surface area contributed by atoms with Crippen molar-refractivity contribution in [2.75, 3.05) is 7.11 Å². The molecule has 0 saturated heterocycles. The number of hydrogen-bond acceptors (Lipinski definition) is 1. The number of rotatable bonds is 4. The topological polar surface area (TPSA) is 9.23 Å². The summed E-state index contributed by atoms with van der Waals surface area (Å²) in [5.41, 5.74) is 4.20. The number of halogens is 2. The van der Waals surface area contributed by atoms with E-state index < -0.39 is 0 Å². The number of ether oxygens (including phenoxy) is 1. The van der Waals surface area contributed by atoms with Crippen LogP contribution in [0.2, 0.25) is 0 Å². The van der Waals surface area contributed by atoms with Crippen molar-refractivity contribution in [3.63, 3.8) is 0 Å². The van der Waals surface area contributed by atoms with Crippen molar-refractivity contribution in [2.24, 2.45) is 5.92 Å². The maximum Gasteiger partial charge on any atom is 0.168 e. The first-order chi connectivity index (χ1) is 13.6. The van der Waals surface area contributed by atoms with Gasteiger partial charge < -0.3 is 4.74 Å². The molecule has 0 heterocycles. The van der Waals surface area contributed by atoms with Gasteiger partial charge in [-0.3, -0.25) is 0 Å². The van der Waals surface area contributed by atoms with Gasteiger partial charge >= 0.3 is 0 Å². The van der Waals surface area contributed by atoms with E-state index in [0.29, 0.717) is 29.9 Å². The Balaban J connectivity index is 1.58. The third-order valence-electron chi connectivity index (χ3n) is 6.67. The molecule has 1 nitrogen and oxygen atoms in total. The summed E-state index contributed by atoms with van der Waals surface area (Å²) >= 11 is 0. The van der Waals surface area contributed by atoms with Crippen molar-refractivity contribution in [3.8, 4) is 5.75 Å². The number of fused-ring (bicyclic) bond motifs is 1. The van der Waals surface area contributed by atoms with Crippen LogP contribution in [0.4, 0.5) is 8.78 Å². The summed E-state index contributed by atoms with van der Waals surface area (Å²) in [6, 6.07) is 9.25. The molecule has 0 unspecified atom stereocenters. The van der Waals surface area contributed by atoms with Gasteiger partial charge in [0.25, 0.3) is 0 Å². The van der Waals surface area contributed by atoms with Gasteiger partial charge in [0.15, 0.2) is 11.6 Å². The largest absolute Gasteiger partial charge is 0.494 e. The lowest BCUT2D eigenvalue weighted by molar-refractivity contribution is 0.318. The Kier molecular flexibility index (Phi) is 5.52. The van der Waals surface area contributed by atoms with E-state index in [1.807, 2.05) is 18.2 Å². The molecule has 1 fully saturated rings. The van der Waals surface area contributed by atoms with E-state index in [9.17, 15) is 8.78 Å². The van der Waals surface area contributed by atoms with Crippen molar-refractivity contribution in [3.05, 3.63) is 64.2 Å². The molecule has 0 aromatic heterocycles. The number of benzene rings is 2. The minimum Gasteiger partial charge on any atom is -0.494 e. The molecule has 0 bridgehead atoms. The fourth-order valence-corrected chi connectivity index (χ4v) is 4.84. The van der Waals surface area contributed by atoms with E-state index >= 15 is 0 Å². The molecule has 0 aliphatic heterocycles. The average Bonchev–Trinajstić information content (AvgIpc) is 2.74. The zero-order chi connectivity index (χ0) is 19.7. The minimum absolute atomic E-state index is 0.154. The summed E-state index contributed by atoms with van der Waals surface area (Å²) < 4.78 is 34.5. The highest BCUT2D eigenvalue weighted by Crippen LogP contribution is 2.39. The fraction of sp³-hybridized carbons (Fsp3) is 0.440. The Morgan fingerprint density at radius 3 is 2.46 bits per heavy atom. The molecule has 0 radical (unpaired) electrons. The second kappa shape index (κ2) is 8.06. The Morgan fingerprint density at radius 1 is 1.00 bits per heavy atom. The normalized spacial score (nSPS) is 21.8. The predicted molar refractivity (Wildman–Crippen MR) is 111 cm³/mol. The van der Waals surface area contributed by atoms with Crippen LogP contribution in [0, 0.1) is 17.6 Å². The van der Waals surface area contributed by atoms with Crippen molar-refractivity contribution in [1.82, 2.24) is 0 Å². The van der Waals surface area contributed by atoms with Gasteiger partial charge in [0.1, 0.15) is 5.82 Å². The van der Waals surface area contributed by atoms with E-state index in [2.05, 4.69) is 13.0 Å². The quantitative estimate of drug-likeness (QED) is 0.546. The van der Waals surface area contributed by atoms with Gasteiger partial charge in [-0.1, -0.05) is 37.6 Å². The van der Waals surface area contributed by atoms with Crippen LogP contribution in [0.25, 0.3) is 11.6 Å². The third-order valence-corrected chi connectivity index (χ3v) is 6.67. The van der Waals surface area contributed by atoms with Gasteiger partial charge in [0.2, 0.25) is 0 Å². The molecule has 3 heteroatoms. The lowest BCUT2D eigenvalue weighted by Crippen LogP contribution is -2.13. The monoisotopic (exact) mass is 382 g/mol. The van der Waals surface area contributed by atoms with Crippen LogP contribution in [0.1, 0.15) is 73.6 Å². The molecule has 2 aromatic carbocycles. The maximum atomic E-state index is 15.0. The molecule has 4 rings (SSSR count). The summed E-state index contributed by atoms with van der Waals surface area (Å²) in [7, 11) is 1.47. The van der Waals surface area contributed by atoms with Gasteiger partial charge in [0, 0.05) is 5.56 Å². The van der Waals surface area contributed by atoms with Crippen LogP contribution in [0.3, 0.4) is 0 Å². The van der Waals surface area contributed by atoms with E-state index in [0.717, 1.165) is 35.5 Å². The molecule has 0 atom stereocenters. The van der Waals surface area contributed by atoms with Crippen molar-refractivity contribution in [2.45, 2.75) is 57.8 Å². The fourth-order valence-electron chi connectivity index (χ4n) is 4.84. The first-order valence-electron chi connectivity index (χ1n) is 10.5. The van der Waals surface area contributed by atoms with Crippen LogP contribution in [0.5, 0.6) is 5.75 Å². The first kappa shape index (κ1) is 19.2. The van der Waals surface area contributed by atoms with E-state index in [1.165, 1.54) is 26.4 Å². The van der Waals surface area contributed by atoms with Crippen molar-refractivity contribution < 1.29 is 13.5 Å². The zero-order valence-corrected chi connectivity index (χ0v) is 16.7. The van der Waals surface area contributed by atoms with Crippen LogP contribution in [-0.2, 0) is 6.42 Å². The molecule has 2 aromatic rings. The van der Waals surface area contributed by atoms with Crippen LogP contribution >= 0.6 is 0 Å². The summed E-state index contributed by atoms with van der Waals surface area (Å²) in [5.74, 6) is 1.14. The molecule has 148 valence electrons. The lowest BCUT2D eigenvalue weighted by atomic mass is 9.77. The molecular formula is C25H28F2O. The van der Waals surface area contributed by atoms with Gasteiger partial charge in [0.05, 0.1) is 7.11 Å². The molecule has 2 aliphatic rings. The van der Waals surface area contributed by atoms with Gasteiger partial charge in [-0.2, -0.15) is 0 Å². The highest BCUT2D eigenvalue weighted by atomic mass is 19.1. The van der Waals surface area contributed by atoms with Gasteiger partial charge in [-0.25, -0.2) is 8.78 Å². The Labute approximate surface area is 166 Å². The van der Waals surface area contributed by atoms with Crippen molar-refractivity contribution in [1.29, 1.82) is 0 Å². The molecule has 1 saturated carbocycles. The summed E-state index contributed by atoms with van der Waals surface area (Å²) in [5, 5.41) is 0. The molecule has 2 aliphatic carbocycles.